The number of hydrogen-bond acceptors (Lipinski definition) is 6. The Bertz CT molecular complexity index is 1360. The first-order valence-electron chi connectivity index (χ1n) is 9.88. The summed E-state index contributed by atoms with van der Waals surface area (Å²) in [7, 11) is 0. The van der Waals surface area contributed by atoms with Crippen LogP contribution in [0.25, 0.3) is 5.52 Å². The fraction of sp³-hybridized carbons (Fsp3) is 0.318. The van der Waals surface area contributed by atoms with Gasteiger partial charge in [0.1, 0.15) is 12.4 Å². The Morgan fingerprint density at radius 2 is 2.07 bits per heavy atom. The van der Waals surface area contributed by atoms with Crippen LogP contribution in [0.3, 0.4) is 0 Å². The smallest absolute Gasteiger partial charge is 0.343 e. The van der Waals surface area contributed by atoms with Gasteiger partial charge < -0.3 is 15.6 Å². The summed E-state index contributed by atoms with van der Waals surface area (Å²) >= 11 is 0. The summed E-state index contributed by atoms with van der Waals surface area (Å²) in [5.74, 6) is -1.44. The molecule has 8 heteroatoms. The number of ether oxygens (including phenoxy) is 1. The van der Waals surface area contributed by atoms with E-state index in [1.54, 1.807) is 25.3 Å². The molecule has 2 aliphatic rings. The second-order valence-electron chi connectivity index (χ2n) is 7.83. The Kier molecular flexibility index (Phi) is 3.82. The summed E-state index contributed by atoms with van der Waals surface area (Å²) in [5.41, 5.74) is 6.64. The minimum atomic E-state index is -1.89. The Balaban J connectivity index is 1.89. The molecular formula is C22H20FN3O4. The van der Waals surface area contributed by atoms with Gasteiger partial charge in [-0.25, -0.2) is 14.2 Å². The summed E-state index contributed by atoms with van der Waals surface area (Å²) in [5, 5.41) is 11.5. The zero-order valence-corrected chi connectivity index (χ0v) is 16.5. The predicted molar refractivity (Wildman–Crippen MR) is 107 cm³/mol. The maximum absolute atomic E-state index is 14.1. The first-order valence-corrected chi connectivity index (χ1v) is 9.88. The van der Waals surface area contributed by atoms with Gasteiger partial charge in [-0.2, -0.15) is 0 Å². The molecule has 0 radical (unpaired) electrons. The van der Waals surface area contributed by atoms with Crippen LogP contribution in [0.5, 0.6) is 0 Å². The number of hydrogen-bond donors (Lipinski definition) is 2. The van der Waals surface area contributed by atoms with E-state index in [0.29, 0.717) is 23.0 Å². The van der Waals surface area contributed by atoms with E-state index >= 15 is 0 Å². The molecule has 0 bridgehead atoms. The van der Waals surface area contributed by atoms with Crippen molar-refractivity contribution in [1.29, 1.82) is 0 Å². The molecule has 0 spiro atoms. The highest BCUT2D eigenvalue weighted by Crippen LogP contribution is 2.39. The lowest BCUT2D eigenvalue weighted by molar-refractivity contribution is -0.172. The van der Waals surface area contributed by atoms with Gasteiger partial charge in [-0.05, 0) is 30.5 Å². The van der Waals surface area contributed by atoms with Crippen LogP contribution in [0.2, 0.25) is 0 Å². The van der Waals surface area contributed by atoms with Crippen molar-refractivity contribution in [3.05, 3.63) is 68.2 Å². The lowest BCUT2D eigenvalue weighted by atomic mass is 9.85. The van der Waals surface area contributed by atoms with Gasteiger partial charge in [0.25, 0.3) is 5.56 Å². The average molecular weight is 409 g/mol. The number of anilines is 1. The van der Waals surface area contributed by atoms with E-state index in [1.165, 1.54) is 10.5 Å². The average Bonchev–Trinajstić information content (AvgIpc) is 3.09. The van der Waals surface area contributed by atoms with Gasteiger partial charge in [-0.3, -0.25) is 9.20 Å². The molecule has 3 aromatic rings. The fourth-order valence-corrected chi connectivity index (χ4v) is 4.61. The zero-order valence-electron chi connectivity index (χ0n) is 16.5. The lowest BCUT2D eigenvalue weighted by Gasteiger charge is -2.31. The van der Waals surface area contributed by atoms with Crippen molar-refractivity contribution < 1.29 is 19.0 Å². The SMILES string of the molecule is CCC1c2cc(N)c(F)cc2N=c2c1cn1c(=O)c3c(cc21)[C@@](O)(CC)C(=O)OC3. The topological polar surface area (TPSA) is 106 Å². The normalized spacial score (nSPS) is 22.1. The minimum Gasteiger partial charge on any atom is -0.458 e. The summed E-state index contributed by atoms with van der Waals surface area (Å²) in [4.78, 5) is 30.1. The molecule has 2 atom stereocenters. The zero-order chi connectivity index (χ0) is 21.4. The summed E-state index contributed by atoms with van der Waals surface area (Å²) in [6.45, 7) is 3.46. The monoisotopic (exact) mass is 409 g/mol. The highest BCUT2D eigenvalue weighted by molar-refractivity contribution is 5.83. The number of esters is 1. The van der Waals surface area contributed by atoms with Crippen molar-refractivity contribution in [2.75, 3.05) is 5.73 Å². The standard InChI is InChI=1S/C22H20FN3O4/c1-3-10-11-5-16(24)15(23)7-17(11)25-19-12(10)8-26-18(19)6-14-13(20(26)27)9-30-21(28)22(14,29)4-2/h5-8,10,29H,3-4,9,24H2,1-2H3/t10?,22-/m0/s1. The number of pyridine rings is 1. The number of nitrogens with zero attached hydrogens (tertiary/aromatic N) is 2. The molecular weight excluding hydrogens is 389 g/mol. The molecule has 0 saturated carbocycles. The van der Waals surface area contributed by atoms with Crippen molar-refractivity contribution in [3.8, 4) is 0 Å². The van der Waals surface area contributed by atoms with Crippen LogP contribution in [0.4, 0.5) is 15.8 Å². The number of aliphatic hydroxyl groups is 1. The fourth-order valence-electron chi connectivity index (χ4n) is 4.61. The van der Waals surface area contributed by atoms with E-state index in [-0.39, 0.29) is 41.3 Å². The van der Waals surface area contributed by atoms with Crippen LogP contribution in [0.15, 0.2) is 34.2 Å². The Morgan fingerprint density at radius 1 is 1.30 bits per heavy atom. The molecule has 1 unspecified atom stereocenters. The molecule has 0 amide bonds. The van der Waals surface area contributed by atoms with E-state index in [4.69, 9.17) is 10.5 Å². The van der Waals surface area contributed by atoms with Crippen LogP contribution in [-0.4, -0.2) is 15.5 Å². The lowest BCUT2D eigenvalue weighted by Crippen LogP contribution is -2.43. The third-order valence-electron chi connectivity index (χ3n) is 6.31. The number of nitrogen functional groups attached to an aromatic ring is 1. The number of fused-ring (bicyclic) bond motifs is 5. The van der Waals surface area contributed by atoms with Crippen LogP contribution in [-0.2, 0) is 21.7 Å². The van der Waals surface area contributed by atoms with Crippen LogP contribution in [0, 0.1) is 5.82 Å². The maximum atomic E-state index is 14.1. The van der Waals surface area contributed by atoms with Crippen molar-refractivity contribution in [2.24, 2.45) is 4.99 Å². The summed E-state index contributed by atoms with van der Waals surface area (Å²) in [6.07, 6.45) is 2.50. The van der Waals surface area contributed by atoms with Gasteiger partial charge in [0.2, 0.25) is 0 Å². The van der Waals surface area contributed by atoms with Gasteiger partial charge in [0.15, 0.2) is 5.60 Å². The van der Waals surface area contributed by atoms with Gasteiger partial charge >= 0.3 is 5.97 Å². The third kappa shape index (κ3) is 2.25. The minimum absolute atomic E-state index is 0.0539. The van der Waals surface area contributed by atoms with Gasteiger partial charge in [-0.15, -0.1) is 0 Å². The Hall–Kier alpha value is -3.26. The Morgan fingerprint density at radius 3 is 2.77 bits per heavy atom. The van der Waals surface area contributed by atoms with Crippen molar-refractivity contribution in [2.45, 2.75) is 44.8 Å². The largest absolute Gasteiger partial charge is 0.458 e. The van der Waals surface area contributed by atoms with E-state index in [1.807, 2.05) is 6.92 Å². The highest BCUT2D eigenvalue weighted by atomic mass is 19.1. The van der Waals surface area contributed by atoms with Gasteiger partial charge in [0.05, 0.1) is 27.8 Å². The predicted octanol–water partition coefficient (Wildman–Crippen LogP) is 2.20. The molecule has 2 aliphatic heterocycles. The van der Waals surface area contributed by atoms with E-state index in [0.717, 1.165) is 11.1 Å². The number of carbonyl (C=O) groups is 1. The van der Waals surface area contributed by atoms with E-state index < -0.39 is 17.4 Å². The van der Waals surface area contributed by atoms with E-state index in [2.05, 4.69) is 4.99 Å². The van der Waals surface area contributed by atoms with Crippen molar-refractivity contribution in [1.82, 2.24) is 4.40 Å². The van der Waals surface area contributed by atoms with Crippen LogP contribution < -0.4 is 16.7 Å². The van der Waals surface area contributed by atoms with Gasteiger partial charge in [-0.1, -0.05) is 13.8 Å². The van der Waals surface area contributed by atoms with Crippen LogP contribution >= 0.6 is 0 Å². The van der Waals surface area contributed by atoms with Crippen LogP contribution in [0.1, 0.15) is 54.9 Å². The molecule has 0 saturated heterocycles. The number of rotatable bonds is 2. The molecule has 4 heterocycles. The summed E-state index contributed by atoms with van der Waals surface area (Å²) in [6, 6.07) is 4.53. The first-order chi connectivity index (χ1) is 14.3. The molecule has 0 aliphatic carbocycles. The Labute approximate surface area is 170 Å². The number of cyclic esters (lactones) is 1. The molecule has 30 heavy (non-hydrogen) atoms. The third-order valence-corrected chi connectivity index (χ3v) is 6.31. The number of benzene rings is 1. The quantitative estimate of drug-likeness (QED) is 0.499. The van der Waals surface area contributed by atoms with Crippen molar-refractivity contribution in [3.63, 3.8) is 0 Å². The summed E-state index contributed by atoms with van der Waals surface area (Å²) < 4.78 is 20.7. The second kappa shape index (κ2) is 6.12. The number of nitrogens with two attached hydrogens (primary N) is 1. The second-order valence-corrected chi connectivity index (χ2v) is 7.83. The molecule has 2 aromatic heterocycles. The molecule has 1 aromatic carbocycles. The number of halogens is 1. The number of carbonyl (C=O) groups excluding carboxylic acids is 1. The molecule has 154 valence electrons. The number of aromatic nitrogens is 1. The molecule has 5 rings (SSSR count). The highest BCUT2D eigenvalue weighted by Gasteiger charge is 2.44. The van der Waals surface area contributed by atoms with E-state index in [9.17, 15) is 19.1 Å². The van der Waals surface area contributed by atoms with Gasteiger partial charge in [0, 0.05) is 29.3 Å². The maximum Gasteiger partial charge on any atom is 0.343 e. The molecule has 7 nitrogen and oxygen atoms in total. The van der Waals surface area contributed by atoms with Crippen molar-refractivity contribution >= 4 is 22.9 Å². The molecule has 0 fully saturated rings. The first kappa shape index (κ1) is 18.7. The molecule has 3 N–H and O–H groups in total.